The zero-order chi connectivity index (χ0) is 16.2. The van der Waals surface area contributed by atoms with Gasteiger partial charge in [0, 0.05) is 30.9 Å². The van der Waals surface area contributed by atoms with Crippen LogP contribution in [0.1, 0.15) is 34.7 Å². The maximum absolute atomic E-state index is 12.7. The molecule has 1 fully saturated rings. The van der Waals surface area contributed by atoms with Crippen molar-refractivity contribution in [2.45, 2.75) is 25.8 Å². The van der Waals surface area contributed by atoms with E-state index in [1.807, 2.05) is 41.3 Å². The first-order valence-corrected chi connectivity index (χ1v) is 7.79. The third kappa shape index (κ3) is 3.37. The summed E-state index contributed by atoms with van der Waals surface area (Å²) in [5.41, 5.74) is 1.56. The lowest BCUT2D eigenvalue weighted by atomic mass is 10.0. The number of amides is 1. The fourth-order valence-electron chi connectivity index (χ4n) is 2.97. The second-order valence-electron chi connectivity index (χ2n) is 5.79. The molecule has 0 spiro atoms. The lowest BCUT2D eigenvalue weighted by Crippen LogP contribution is -2.45. The van der Waals surface area contributed by atoms with Crippen LogP contribution in [0.15, 0.2) is 40.8 Å². The lowest BCUT2D eigenvalue weighted by Gasteiger charge is -2.33. The topological polar surface area (TPSA) is 69.3 Å². The van der Waals surface area contributed by atoms with Gasteiger partial charge in [0.2, 0.25) is 5.76 Å². The third-order valence-corrected chi connectivity index (χ3v) is 4.11. The van der Waals surface area contributed by atoms with Crippen molar-refractivity contribution in [3.05, 3.63) is 53.5 Å². The van der Waals surface area contributed by atoms with Gasteiger partial charge in [-0.05, 0) is 31.9 Å². The van der Waals surface area contributed by atoms with E-state index < -0.39 is 0 Å². The molecule has 1 saturated heterocycles. The number of carbonyl (C=O) groups excluding carboxylic acids is 1. The first-order valence-electron chi connectivity index (χ1n) is 7.79. The van der Waals surface area contributed by atoms with E-state index in [0.717, 1.165) is 25.1 Å². The van der Waals surface area contributed by atoms with Crippen molar-refractivity contribution in [2.75, 3.05) is 18.4 Å². The number of nitrogens with zero attached hydrogens (tertiary/aromatic N) is 2. The van der Waals surface area contributed by atoms with Gasteiger partial charge in [0.1, 0.15) is 11.8 Å². The van der Waals surface area contributed by atoms with Crippen molar-refractivity contribution in [1.82, 2.24) is 4.90 Å². The highest BCUT2D eigenvalue weighted by molar-refractivity contribution is 5.95. The second kappa shape index (κ2) is 6.57. The lowest BCUT2D eigenvalue weighted by molar-refractivity contribution is 0.0713. The maximum Gasteiger partial charge on any atom is 0.257 e. The smallest absolute Gasteiger partial charge is 0.257 e. The Morgan fingerprint density at radius 1 is 1.39 bits per heavy atom. The summed E-state index contributed by atoms with van der Waals surface area (Å²) in [5, 5.41) is 12.4. The molecule has 0 saturated carbocycles. The van der Waals surface area contributed by atoms with Crippen LogP contribution in [0.3, 0.4) is 0 Å². The number of furan rings is 1. The number of hydrogen-bond acceptors (Lipinski definition) is 4. The molecule has 1 aliphatic rings. The molecule has 23 heavy (non-hydrogen) atoms. The molecule has 1 N–H and O–H groups in total. The van der Waals surface area contributed by atoms with Crippen molar-refractivity contribution in [2.24, 2.45) is 0 Å². The fourth-order valence-corrected chi connectivity index (χ4v) is 2.97. The second-order valence-corrected chi connectivity index (χ2v) is 5.79. The minimum Gasteiger partial charge on any atom is -0.450 e. The van der Waals surface area contributed by atoms with Crippen LogP contribution in [0.2, 0.25) is 0 Å². The number of benzene rings is 1. The zero-order valence-electron chi connectivity index (χ0n) is 13.1. The highest BCUT2D eigenvalue weighted by Gasteiger charge is 2.26. The molecule has 2 aromatic rings. The number of aryl methyl sites for hydroxylation is 1. The highest BCUT2D eigenvalue weighted by atomic mass is 16.3. The van der Waals surface area contributed by atoms with Gasteiger partial charge in [0.25, 0.3) is 5.91 Å². The molecule has 0 unspecified atom stereocenters. The molecular formula is C18H19N3O2. The Hall–Kier alpha value is -2.74. The quantitative estimate of drug-likeness (QED) is 0.945. The van der Waals surface area contributed by atoms with Gasteiger partial charge in [-0.1, -0.05) is 18.2 Å². The van der Waals surface area contributed by atoms with E-state index in [2.05, 4.69) is 5.32 Å². The number of piperidine rings is 1. The van der Waals surface area contributed by atoms with E-state index in [1.165, 1.54) is 6.07 Å². The van der Waals surface area contributed by atoms with E-state index in [-0.39, 0.29) is 17.7 Å². The number of nitrogens with one attached hydrogen (secondary N) is 1. The van der Waals surface area contributed by atoms with Crippen LogP contribution in [-0.2, 0) is 0 Å². The predicted molar refractivity (Wildman–Crippen MR) is 87.2 cm³/mol. The average molecular weight is 309 g/mol. The molecule has 3 rings (SSSR count). The number of carbonyl (C=O) groups is 1. The van der Waals surface area contributed by atoms with Gasteiger partial charge in [-0.3, -0.25) is 4.79 Å². The Labute approximate surface area is 135 Å². The van der Waals surface area contributed by atoms with Crippen molar-refractivity contribution in [1.29, 1.82) is 5.26 Å². The van der Waals surface area contributed by atoms with Gasteiger partial charge in [-0.15, -0.1) is 0 Å². The molecule has 0 aliphatic carbocycles. The van der Waals surface area contributed by atoms with Crippen LogP contribution in [0, 0.1) is 18.3 Å². The Morgan fingerprint density at radius 2 is 2.17 bits per heavy atom. The van der Waals surface area contributed by atoms with E-state index in [1.54, 1.807) is 6.92 Å². The van der Waals surface area contributed by atoms with Gasteiger partial charge in [0.05, 0.1) is 5.56 Å². The first kappa shape index (κ1) is 15.2. The molecule has 5 heteroatoms. The Balaban J connectivity index is 1.69. The minimum atomic E-state index is -0.0627. The van der Waals surface area contributed by atoms with Crippen molar-refractivity contribution < 1.29 is 9.21 Å². The van der Waals surface area contributed by atoms with Crippen LogP contribution < -0.4 is 5.32 Å². The van der Waals surface area contributed by atoms with Crippen LogP contribution in [0.4, 0.5) is 5.69 Å². The summed E-state index contributed by atoms with van der Waals surface area (Å²) >= 11 is 0. The molecule has 118 valence electrons. The van der Waals surface area contributed by atoms with Crippen LogP contribution in [0.25, 0.3) is 0 Å². The van der Waals surface area contributed by atoms with E-state index in [9.17, 15) is 4.79 Å². The number of para-hydroxylation sites is 1. The molecule has 1 aromatic heterocycles. The van der Waals surface area contributed by atoms with Crippen molar-refractivity contribution in [3.63, 3.8) is 0 Å². The number of likely N-dealkylation sites (tertiary alicyclic amines) is 1. The summed E-state index contributed by atoms with van der Waals surface area (Å²) in [5.74, 6) is 0.624. The van der Waals surface area contributed by atoms with E-state index in [4.69, 9.17) is 9.68 Å². The minimum absolute atomic E-state index is 0.0627. The SMILES string of the molecule is Cc1oc(C#N)cc1C(=O)N1CCC[C@@H](Nc2ccccc2)C1. The number of anilines is 1. The summed E-state index contributed by atoms with van der Waals surface area (Å²) in [4.78, 5) is 14.5. The Bertz CT molecular complexity index is 730. The Morgan fingerprint density at radius 3 is 2.87 bits per heavy atom. The van der Waals surface area contributed by atoms with Gasteiger partial charge < -0.3 is 14.6 Å². The van der Waals surface area contributed by atoms with Gasteiger partial charge in [0.15, 0.2) is 0 Å². The average Bonchev–Trinajstić information content (AvgIpc) is 2.96. The first-order chi connectivity index (χ1) is 11.2. The monoisotopic (exact) mass is 309 g/mol. The highest BCUT2D eigenvalue weighted by Crippen LogP contribution is 2.21. The standard InChI is InChI=1S/C18H19N3O2/c1-13-17(10-16(11-19)23-13)18(22)21-9-5-8-15(12-21)20-14-6-3-2-4-7-14/h2-4,6-7,10,15,20H,5,8-9,12H2,1H3/t15-/m1/s1. The fraction of sp³-hybridized carbons (Fsp3) is 0.333. The molecule has 2 heterocycles. The third-order valence-electron chi connectivity index (χ3n) is 4.11. The summed E-state index contributed by atoms with van der Waals surface area (Å²) in [7, 11) is 0. The molecule has 1 atom stereocenters. The van der Waals surface area contributed by atoms with Gasteiger partial charge in [-0.25, -0.2) is 0 Å². The Kier molecular flexibility index (Phi) is 4.33. The summed E-state index contributed by atoms with van der Waals surface area (Å²) in [6, 6.07) is 13.7. The number of hydrogen-bond donors (Lipinski definition) is 1. The van der Waals surface area contributed by atoms with E-state index in [0.29, 0.717) is 17.9 Å². The summed E-state index contributed by atoms with van der Waals surface area (Å²) < 4.78 is 5.27. The molecule has 1 amide bonds. The predicted octanol–water partition coefficient (Wildman–Crippen LogP) is 3.18. The van der Waals surface area contributed by atoms with Crippen molar-refractivity contribution in [3.8, 4) is 6.07 Å². The largest absolute Gasteiger partial charge is 0.450 e. The molecule has 1 aliphatic heterocycles. The number of nitriles is 1. The van der Waals surface area contributed by atoms with Crippen LogP contribution in [0.5, 0.6) is 0 Å². The zero-order valence-corrected chi connectivity index (χ0v) is 13.1. The molecule has 0 bridgehead atoms. The normalized spacial score (nSPS) is 17.6. The van der Waals surface area contributed by atoms with Crippen molar-refractivity contribution >= 4 is 11.6 Å². The van der Waals surface area contributed by atoms with E-state index >= 15 is 0 Å². The van der Waals surface area contributed by atoms with Gasteiger partial charge in [-0.2, -0.15) is 5.26 Å². The summed E-state index contributed by atoms with van der Waals surface area (Å²) in [6.45, 7) is 3.11. The molecule has 5 nitrogen and oxygen atoms in total. The molecule has 1 aromatic carbocycles. The molecular weight excluding hydrogens is 290 g/mol. The van der Waals surface area contributed by atoms with Crippen LogP contribution in [-0.4, -0.2) is 29.9 Å². The number of rotatable bonds is 3. The van der Waals surface area contributed by atoms with Gasteiger partial charge >= 0.3 is 0 Å². The maximum atomic E-state index is 12.7. The molecule has 0 radical (unpaired) electrons. The summed E-state index contributed by atoms with van der Waals surface area (Å²) in [6.07, 6.45) is 1.99. The van der Waals surface area contributed by atoms with Crippen LogP contribution >= 0.6 is 0 Å².